The molecule has 0 atom stereocenters. The van der Waals surface area contributed by atoms with E-state index in [2.05, 4.69) is 0 Å². The zero-order valence-corrected chi connectivity index (χ0v) is 8.71. The Kier molecular flexibility index (Phi) is 2.93. The molecule has 1 rings (SSSR count). The molecule has 12 heavy (non-hydrogen) atoms. The molecule has 0 radical (unpaired) electrons. The molecule has 66 valence electrons. The Morgan fingerprint density at radius 1 is 1.50 bits per heavy atom. The summed E-state index contributed by atoms with van der Waals surface area (Å²) in [6, 6.07) is 3.77. The summed E-state index contributed by atoms with van der Waals surface area (Å²) in [5, 5.41) is 0.986. The predicted molar refractivity (Wildman–Crippen MR) is 52.9 cm³/mol. The van der Waals surface area contributed by atoms with Crippen LogP contribution in [0.25, 0.3) is 6.08 Å². The Balaban J connectivity index is 2.84. The Labute approximate surface area is 79.9 Å². The largest absolute Gasteiger partial charge is 0.254 e. The van der Waals surface area contributed by atoms with Gasteiger partial charge in [0.15, 0.2) is 0 Å². The highest BCUT2D eigenvalue weighted by Crippen LogP contribution is 2.17. The zero-order valence-electron chi connectivity index (χ0n) is 6.32. The van der Waals surface area contributed by atoms with E-state index in [0.29, 0.717) is 0 Å². The number of aryl methyl sites for hydroxylation is 1. The average molecular weight is 223 g/mol. The van der Waals surface area contributed by atoms with Crippen LogP contribution in [-0.4, -0.2) is 8.42 Å². The molecule has 5 heteroatoms. The molecular weight excluding hydrogens is 216 g/mol. The van der Waals surface area contributed by atoms with E-state index >= 15 is 0 Å². The van der Waals surface area contributed by atoms with E-state index in [-0.39, 0.29) is 0 Å². The van der Waals surface area contributed by atoms with Gasteiger partial charge in [-0.3, -0.25) is 0 Å². The van der Waals surface area contributed by atoms with Gasteiger partial charge in [0, 0.05) is 25.8 Å². The lowest BCUT2D eigenvalue weighted by Crippen LogP contribution is -1.77. The second kappa shape index (κ2) is 3.60. The van der Waals surface area contributed by atoms with Gasteiger partial charge in [0.05, 0.1) is 0 Å². The quantitative estimate of drug-likeness (QED) is 0.721. The summed E-state index contributed by atoms with van der Waals surface area (Å²) in [7, 11) is 1.47. The molecule has 0 aliphatic carbocycles. The van der Waals surface area contributed by atoms with Gasteiger partial charge < -0.3 is 0 Å². The molecule has 1 aromatic heterocycles. The third-order valence-corrected chi connectivity index (χ3v) is 2.89. The van der Waals surface area contributed by atoms with E-state index in [1.54, 1.807) is 0 Å². The molecule has 1 heterocycles. The van der Waals surface area contributed by atoms with Crippen molar-refractivity contribution in [2.75, 3.05) is 0 Å². The Bertz CT molecular complexity index is 389. The number of hydrogen-bond acceptors (Lipinski definition) is 3. The van der Waals surface area contributed by atoms with Crippen molar-refractivity contribution >= 4 is 37.1 Å². The van der Waals surface area contributed by atoms with E-state index in [1.165, 1.54) is 17.4 Å². The fourth-order valence-corrected chi connectivity index (χ4v) is 2.02. The SMILES string of the molecule is Cc1ccc(C=CS(=O)(=O)Cl)s1. The van der Waals surface area contributed by atoms with Crippen molar-refractivity contribution in [3.8, 4) is 0 Å². The standard InChI is InChI=1S/C7H7ClO2S2/c1-6-2-3-7(11-6)4-5-12(8,9)10/h2-5H,1H3. The van der Waals surface area contributed by atoms with Gasteiger partial charge in [-0.25, -0.2) is 8.42 Å². The molecule has 0 aliphatic rings. The van der Waals surface area contributed by atoms with Crippen molar-refractivity contribution in [2.45, 2.75) is 6.92 Å². The lowest BCUT2D eigenvalue weighted by Gasteiger charge is -1.82. The molecule has 0 fully saturated rings. The van der Waals surface area contributed by atoms with Crippen LogP contribution < -0.4 is 0 Å². The van der Waals surface area contributed by atoms with Crippen LogP contribution in [0.4, 0.5) is 0 Å². The summed E-state index contributed by atoms with van der Waals surface area (Å²) < 4.78 is 21.0. The third kappa shape index (κ3) is 3.38. The first-order chi connectivity index (χ1) is 5.47. The summed E-state index contributed by atoms with van der Waals surface area (Å²) in [6.45, 7) is 1.96. The van der Waals surface area contributed by atoms with E-state index in [4.69, 9.17) is 10.7 Å². The fraction of sp³-hybridized carbons (Fsp3) is 0.143. The number of hydrogen-bond donors (Lipinski definition) is 0. The maximum absolute atomic E-state index is 10.5. The van der Waals surface area contributed by atoms with Crippen molar-refractivity contribution in [1.82, 2.24) is 0 Å². The average Bonchev–Trinajstić information content (AvgIpc) is 2.30. The summed E-state index contributed by atoms with van der Waals surface area (Å²) in [6.07, 6.45) is 1.49. The molecule has 0 saturated carbocycles. The minimum atomic E-state index is -3.51. The van der Waals surface area contributed by atoms with Crippen molar-refractivity contribution in [3.63, 3.8) is 0 Å². The van der Waals surface area contributed by atoms with Crippen LogP contribution in [-0.2, 0) is 9.05 Å². The van der Waals surface area contributed by atoms with Gasteiger partial charge in [-0.2, -0.15) is 0 Å². The van der Waals surface area contributed by atoms with Gasteiger partial charge in [0.1, 0.15) is 0 Å². The second-order valence-electron chi connectivity index (χ2n) is 2.23. The van der Waals surface area contributed by atoms with Crippen molar-refractivity contribution in [3.05, 3.63) is 27.3 Å². The normalized spacial score (nSPS) is 12.5. The predicted octanol–water partition coefficient (Wildman–Crippen LogP) is 2.60. The smallest absolute Gasteiger partial charge is 0.208 e. The van der Waals surface area contributed by atoms with Crippen LogP contribution in [0.3, 0.4) is 0 Å². The van der Waals surface area contributed by atoms with Gasteiger partial charge in [-0.1, -0.05) is 0 Å². The molecular formula is C7H7ClO2S2. The topological polar surface area (TPSA) is 34.1 Å². The molecule has 0 aliphatic heterocycles. The van der Waals surface area contributed by atoms with Crippen LogP contribution in [0, 0.1) is 6.92 Å². The van der Waals surface area contributed by atoms with Gasteiger partial charge in [0.2, 0.25) is 0 Å². The minimum absolute atomic E-state index is 0.886. The monoisotopic (exact) mass is 222 g/mol. The van der Waals surface area contributed by atoms with Gasteiger partial charge in [0.25, 0.3) is 9.05 Å². The zero-order chi connectivity index (χ0) is 9.19. The lowest BCUT2D eigenvalue weighted by atomic mass is 10.4. The Hall–Kier alpha value is -0.320. The van der Waals surface area contributed by atoms with E-state index in [0.717, 1.165) is 15.2 Å². The highest BCUT2D eigenvalue weighted by Gasteiger charge is 1.97. The van der Waals surface area contributed by atoms with Crippen LogP contribution >= 0.6 is 22.0 Å². The fourth-order valence-electron chi connectivity index (χ4n) is 0.691. The molecule has 0 N–H and O–H groups in total. The Morgan fingerprint density at radius 3 is 2.58 bits per heavy atom. The van der Waals surface area contributed by atoms with Gasteiger partial charge in [-0.15, -0.1) is 11.3 Å². The first-order valence-corrected chi connectivity index (χ1v) is 6.35. The first kappa shape index (κ1) is 9.77. The summed E-state index contributed by atoms with van der Waals surface area (Å²) >= 11 is 1.52. The van der Waals surface area contributed by atoms with E-state index < -0.39 is 9.05 Å². The maximum Gasteiger partial charge on any atom is 0.254 e. The molecule has 0 saturated heterocycles. The highest BCUT2D eigenvalue weighted by molar-refractivity contribution is 8.16. The van der Waals surface area contributed by atoms with Crippen molar-refractivity contribution in [1.29, 1.82) is 0 Å². The highest BCUT2D eigenvalue weighted by atomic mass is 35.7. The molecule has 0 aromatic carbocycles. The molecule has 2 nitrogen and oxygen atoms in total. The third-order valence-electron chi connectivity index (χ3n) is 1.16. The van der Waals surface area contributed by atoms with Gasteiger partial charge >= 0.3 is 0 Å². The molecule has 0 bridgehead atoms. The molecule has 0 spiro atoms. The molecule has 1 aromatic rings. The number of thiophene rings is 1. The van der Waals surface area contributed by atoms with Crippen LogP contribution in [0.2, 0.25) is 0 Å². The second-order valence-corrected chi connectivity index (χ2v) is 6.06. The molecule has 0 unspecified atom stereocenters. The van der Waals surface area contributed by atoms with Crippen LogP contribution in [0.5, 0.6) is 0 Å². The van der Waals surface area contributed by atoms with E-state index in [9.17, 15) is 8.42 Å². The van der Waals surface area contributed by atoms with Crippen LogP contribution in [0.15, 0.2) is 17.5 Å². The van der Waals surface area contributed by atoms with Gasteiger partial charge in [-0.05, 0) is 25.1 Å². The minimum Gasteiger partial charge on any atom is -0.208 e. The van der Waals surface area contributed by atoms with Crippen molar-refractivity contribution < 1.29 is 8.42 Å². The van der Waals surface area contributed by atoms with E-state index in [1.807, 2.05) is 19.1 Å². The summed E-state index contributed by atoms with van der Waals surface area (Å²) in [5.41, 5.74) is 0. The number of halogens is 1. The summed E-state index contributed by atoms with van der Waals surface area (Å²) in [4.78, 5) is 2.03. The molecule has 0 amide bonds. The lowest BCUT2D eigenvalue weighted by molar-refractivity contribution is 0.617. The maximum atomic E-state index is 10.5. The van der Waals surface area contributed by atoms with Crippen molar-refractivity contribution in [2.24, 2.45) is 0 Å². The summed E-state index contributed by atoms with van der Waals surface area (Å²) in [5.74, 6) is 0. The Morgan fingerprint density at radius 2 is 2.17 bits per heavy atom. The first-order valence-electron chi connectivity index (χ1n) is 3.16. The van der Waals surface area contributed by atoms with Crippen LogP contribution in [0.1, 0.15) is 9.75 Å². The number of rotatable bonds is 2.